The maximum atomic E-state index is 2.35. The van der Waals surface area contributed by atoms with Crippen molar-refractivity contribution in [2.45, 2.75) is 26.7 Å². The number of fused-ring (bicyclic) bond motifs is 3. The van der Waals surface area contributed by atoms with Crippen molar-refractivity contribution in [3.05, 3.63) is 59.7 Å². The first-order valence-corrected chi connectivity index (χ1v) is 6.59. The smallest absolute Gasteiger partial charge is 0.0103 e. The van der Waals surface area contributed by atoms with Crippen LogP contribution in [0.2, 0.25) is 0 Å². The molecule has 18 heavy (non-hydrogen) atoms. The summed E-state index contributed by atoms with van der Waals surface area (Å²) in [7, 11) is 0. The van der Waals surface area contributed by atoms with E-state index in [0.29, 0.717) is 5.92 Å². The van der Waals surface area contributed by atoms with Crippen molar-refractivity contribution in [3.63, 3.8) is 0 Å². The molecule has 0 nitrogen and oxygen atoms in total. The highest BCUT2D eigenvalue weighted by atomic mass is 14.1. The lowest BCUT2D eigenvalue weighted by Crippen LogP contribution is -1.89. The highest BCUT2D eigenvalue weighted by molar-refractivity contribution is 6.09. The highest BCUT2D eigenvalue weighted by Crippen LogP contribution is 2.30. The van der Waals surface area contributed by atoms with Gasteiger partial charge in [-0.2, -0.15) is 0 Å². The monoisotopic (exact) mass is 234 g/mol. The van der Waals surface area contributed by atoms with Crippen LogP contribution in [-0.2, 0) is 0 Å². The quantitative estimate of drug-likeness (QED) is 0.493. The molecule has 0 bridgehead atoms. The SMILES string of the molecule is Cc1cc2ccccc2c2ccc(C(C)C)cc12. The second-order valence-corrected chi connectivity index (χ2v) is 5.37. The van der Waals surface area contributed by atoms with E-state index in [9.17, 15) is 0 Å². The summed E-state index contributed by atoms with van der Waals surface area (Å²) in [6.07, 6.45) is 0. The lowest BCUT2D eigenvalue weighted by Gasteiger charge is -2.11. The van der Waals surface area contributed by atoms with Crippen LogP contribution in [0, 0.1) is 6.92 Å². The second-order valence-electron chi connectivity index (χ2n) is 5.37. The third kappa shape index (κ3) is 1.69. The molecule has 0 N–H and O–H groups in total. The van der Waals surface area contributed by atoms with Gasteiger partial charge < -0.3 is 0 Å². The summed E-state index contributed by atoms with van der Waals surface area (Å²) in [5.74, 6) is 0.584. The molecular formula is C18H18. The molecule has 0 aromatic heterocycles. The summed E-state index contributed by atoms with van der Waals surface area (Å²) in [4.78, 5) is 0. The Balaban J connectivity index is 2.44. The molecule has 0 aliphatic rings. The van der Waals surface area contributed by atoms with E-state index >= 15 is 0 Å². The van der Waals surface area contributed by atoms with Gasteiger partial charge in [-0.1, -0.05) is 62.4 Å². The third-order valence-corrected chi connectivity index (χ3v) is 3.76. The van der Waals surface area contributed by atoms with E-state index in [-0.39, 0.29) is 0 Å². The molecule has 3 rings (SSSR count). The van der Waals surface area contributed by atoms with Crippen LogP contribution in [0.5, 0.6) is 0 Å². The van der Waals surface area contributed by atoms with Crippen LogP contribution in [0.4, 0.5) is 0 Å². The van der Waals surface area contributed by atoms with Gasteiger partial charge in [0.05, 0.1) is 0 Å². The first-order chi connectivity index (χ1) is 8.66. The van der Waals surface area contributed by atoms with Gasteiger partial charge in [0.25, 0.3) is 0 Å². The van der Waals surface area contributed by atoms with Crippen molar-refractivity contribution in [1.82, 2.24) is 0 Å². The summed E-state index contributed by atoms with van der Waals surface area (Å²) in [6, 6.07) is 17.8. The predicted octanol–water partition coefficient (Wildman–Crippen LogP) is 5.42. The molecule has 0 atom stereocenters. The minimum absolute atomic E-state index is 0.584. The third-order valence-electron chi connectivity index (χ3n) is 3.76. The summed E-state index contributed by atoms with van der Waals surface area (Å²) < 4.78 is 0. The van der Waals surface area contributed by atoms with Crippen LogP contribution in [0.25, 0.3) is 21.5 Å². The topological polar surface area (TPSA) is 0 Å². The molecule has 0 aliphatic heterocycles. The van der Waals surface area contributed by atoms with Crippen LogP contribution in [0.3, 0.4) is 0 Å². The Hall–Kier alpha value is -1.82. The minimum atomic E-state index is 0.584. The Kier molecular flexibility index (Phi) is 2.59. The lowest BCUT2D eigenvalue weighted by molar-refractivity contribution is 0.869. The zero-order valence-corrected chi connectivity index (χ0v) is 11.2. The maximum Gasteiger partial charge on any atom is -0.0103 e. The summed E-state index contributed by atoms with van der Waals surface area (Å²) in [5.41, 5.74) is 2.78. The molecule has 0 heteroatoms. The molecule has 0 aliphatic carbocycles. The summed E-state index contributed by atoms with van der Waals surface area (Å²) in [6.45, 7) is 6.70. The van der Waals surface area contributed by atoms with Crippen molar-refractivity contribution in [2.24, 2.45) is 0 Å². The predicted molar refractivity (Wildman–Crippen MR) is 80.3 cm³/mol. The van der Waals surface area contributed by atoms with Crippen LogP contribution < -0.4 is 0 Å². The van der Waals surface area contributed by atoms with Crippen LogP contribution >= 0.6 is 0 Å². The molecule has 0 radical (unpaired) electrons. The Morgan fingerprint density at radius 3 is 2.33 bits per heavy atom. The number of rotatable bonds is 1. The standard InChI is InChI=1S/C18H18/c1-12(2)14-8-9-17-16-7-5-4-6-15(16)10-13(3)18(17)11-14/h4-12H,1-3H3. The number of aryl methyl sites for hydroxylation is 1. The van der Waals surface area contributed by atoms with Gasteiger partial charge in [-0.15, -0.1) is 0 Å². The molecule has 0 saturated heterocycles. The van der Waals surface area contributed by atoms with E-state index in [1.165, 1.54) is 32.7 Å². The molecule has 3 aromatic rings. The van der Waals surface area contributed by atoms with Crippen LogP contribution in [0.1, 0.15) is 30.9 Å². The van der Waals surface area contributed by atoms with Crippen LogP contribution in [0.15, 0.2) is 48.5 Å². The molecule has 0 fully saturated rings. The van der Waals surface area contributed by atoms with Gasteiger partial charge in [0.2, 0.25) is 0 Å². The summed E-state index contributed by atoms with van der Waals surface area (Å²) >= 11 is 0. The van der Waals surface area contributed by atoms with Crippen molar-refractivity contribution in [2.75, 3.05) is 0 Å². The fraction of sp³-hybridized carbons (Fsp3) is 0.222. The van der Waals surface area contributed by atoms with E-state index in [0.717, 1.165) is 0 Å². The van der Waals surface area contributed by atoms with Gasteiger partial charge in [0.15, 0.2) is 0 Å². The van der Waals surface area contributed by atoms with E-state index in [2.05, 4.69) is 69.3 Å². The Morgan fingerprint density at radius 1 is 0.778 bits per heavy atom. The van der Waals surface area contributed by atoms with Gasteiger partial charge in [-0.3, -0.25) is 0 Å². The molecule has 0 heterocycles. The molecule has 0 amide bonds. The number of hydrogen-bond donors (Lipinski definition) is 0. The molecular weight excluding hydrogens is 216 g/mol. The first-order valence-electron chi connectivity index (χ1n) is 6.59. The van der Waals surface area contributed by atoms with Gasteiger partial charge in [-0.05, 0) is 45.5 Å². The molecule has 3 aromatic carbocycles. The van der Waals surface area contributed by atoms with Gasteiger partial charge in [0.1, 0.15) is 0 Å². The normalized spacial score (nSPS) is 11.6. The molecule has 0 spiro atoms. The molecule has 0 unspecified atom stereocenters. The number of benzene rings is 3. The average molecular weight is 234 g/mol. The number of hydrogen-bond acceptors (Lipinski definition) is 0. The van der Waals surface area contributed by atoms with E-state index in [1.54, 1.807) is 0 Å². The zero-order chi connectivity index (χ0) is 12.7. The van der Waals surface area contributed by atoms with E-state index in [1.807, 2.05) is 0 Å². The summed E-state index contributed by atoms with van der Waals surface area (Å²) in [5, 5.41) is 5.45. The van der Waals surface area contributed by atoms with E-state index in [4.69, 9.17) is 0 Å². The second kappa shape index (κ2) is 4.13. The Morgan fingerprint density at radius 2 is 1.56 bits per heavy atom. The lowest BCUT2D eigenvalue weighted by atomic mass is 9.93. The highest BCUT2D eigenvalue weighted by Gasteiger charge is 2.06. The fourth-order valence-corrected chi connectivity index (χ4v) is 2.66. The van der Waals surface area contributed by atoms with Crippen molar-refractivity contribution in [1.29, 1.82) is 0 Å². The maximum absolute atomic E-state index is 2.35. The largest absolute Gasteiger partial charge is 0.0616 e. The minimum Gasteiger partial charge on any atom is -0.0616 e. The molecule has 90 valence electrons. The average Bonchev–Trinajstić information content (AvgIpc) is 2.38. The van der Waals surface area contributed by atoms with Gasteiger partial charge in [-0.25, -0.2) is 0 Å². The van der Waals surface area contributed by atoms with Gasteiger partial charge >= 0.3 is 0 Å². The molecule has 0 saturated carbocycles. The van der Waals surface area contributed by atoms with Crippen molar-refractivity contribution in [3.8, 4) is 0 Å². The Bertz CT molecular complexity index is 721. The van der Waals surface area contributed by atoms with Crippen molar-refractivity contribution < 1.29 is 0 Å². The fourth-order valence-electron chi connectivity index (χ4n) is 2.66. The Labute approximate surface area is 108 Å². The zero-order valence-electron chi connectivity index (χ0n) is 11.2. The van der Waals surface area contributed by atoms with Crippen molar-refractivity contribution >= 4 is 21.5 Å². The van der Waals surface area contributed by atoms with E-state index < -0.39 is 0 Å². The first kappa shape index (κ1) is 11.3. The van der Waals surface area contributed by atoms with Crippen LogP contribution in [-0.4, -0.2) is 0 Å². The van der Waals surface area contributed by atoms with Gasteiger partial charge in [0, 0.05) is 0 Å².